The van der Waals surface area contributed by atoms with Gasteiger partial charge in [0.2, 0.25) is 0 Å². The van der Waals surface area contributed by atoms with Crippen LogP contribution >= 0.6 is 32.8 Å². The zero-order valence-corrected chi connectivity index (χ0v) is 18.8. The molecule has 0 bridgehead atoms. The van der Waals surface area contributed by atoms with Crippen LogP contribution in [0.15, 0.2) is 0 Å². The summed E-state index contributed by atoms with van der Waals surface area (Å²) in [6.45, 7) is 14.6. The van der Waals surface area contributed by atoms with Gasteiger partial charge in [0.15, 0.2) is 0 Å². The summed E-state index contributed by atoms with van der Waals surface area (Å²) in [5.41, 5.74) is 0. The highest BCUT2D eigenvalue weighted by atomic mass is 35.5. The maximum atomic E-state index is 4.64. The molecule has 3 heteroatoms. The van der Waals surface area contributed by atoms with E-state index >= 15 is 0 Å². The van der Waals surface area contributed by atoms with E-state index in [0.29, 0.717) is 0 Å². The Morgan fingerprint density at radius 2 is 1.00 bits per heavy atom. The molecule has 0 atom stereocenters. The largest absolute Gasteiger partial charge is 0.176 e. The molecule has 134 valence electrons. The molecule has 2 aliphatic rings. The molecule has 0 aromatic rings. The van der Waals surface area contributed by atoms with Gasteiger partial charge in [-0.05, 0) is 32.1 Å². The van der Waals surface area contributed by atoms with E-state index in [1.807, 2.05) is 27.7 Å². The first-order chi connectivity index (χ1) is 10.2. The molecule has 0 spiro atoms. The van der Waals surface area contributed by atoms with Crippen molar-refractivity contribution in [2.75, 3.05) is 19.7 Å². The van der Waals surface area contributed by atoms with E-state index in [2.05, 4.69) is 44.5 Å². The zero-order chi connectivity index (χ0) is 17.5. The van der Waals surface area contributed by atoms with Gasteiger partial charge < -0.3 is 0 Å². The molecule has 0 aromatic carbocycles. The second kappa shape index (κ2) is 32.9. The van der Waals surface area contributed by atoms with Crippen LogP contribution in [-0.4, -0.2) is 25.0 Å². The molecule has 0 N–H and O–H groups in total. The van der Waals surface area contributed by atoms with Crippen LogP contribution in [0.2, 0.25) is 0 Å². The number of alkyl halides is 1. The number of rotatable bonds is 0. The lowest BCUT2D eigenvalue weighted by atomic mass is 10.2. The molecular weight excluding hydrogens is 315 g/mol. The first kappa shape index (κ1) is 30.0. The van der Waals surface area contributed by atoms with Gasteiger partial charge in [0.1, 0.15) is 0 Å². The Morgan fingerprint density at radius 1 is 0.762 bits per heavy atom. The molecule has 2 rings (SSSR count). The predicted octanol–water partition coefficient (Wildman–Crippen LogP) is 7.89. The van der Waals surface area contributed by atoms with Crippen LogP contribution in [0.1, 0.15) is 86.0 Å². The number of hydrogen-bond acceptors (Lipinski definition) is 1. The summed E-state index contributed by atoms with van der Waals surface area (Å²) < 4.78 is 0. The Morgan fingerprint density at radius 3 is 1.10 bits per heavy atom. The lowest BCUT2D eigenvalue weighted by molar-refractivity contribution is 0.612. The lowest BCUT2D eigenvalue weighted by Gasteiger charge is -1.91. The van der Waals surface area contributed by atoms with Gasteiger partial charge in [0, 0.05) is 11.6 Å². The molecule has 2 aliphatic carbocycles. The minimum absolute atomic E-state index is 0.741. The van der Waals surface area contributed by atoms with Crippen molar-refractivity contribution in [3.63, 3.8) is 0 Å². The minimum atomic E-state index is 0.741. The maximum Gasteiger partial charge on any atom is 0.0108 e. The fourth-order valence-corrected chi connectivity index (χ4v) is 2.40. The van der Waals surface area contributed by atoms with Gasteiger partial charge in [-0.15, -0.1) is 20.2 Å². The Labute approximate surface area is 149 Å². The molecule has 0 nitrogen and oxygen atoms in total. The summed E-state index contributed by atoms with van der Waals surface area (Å²) in [5, 5.41) is 0.741. The van der Waals surface area contributed by atoms with Crippen LogP contribution in [0.4, 0.5) is 0 Å². The van der Waals surface area contributed by atoms with Crippen LogP contribution < -0.4 is 0 Å². The minimum Gasteiger partial charge on any atom is -0.176 e. The monoisotopic (exact) mass is 358 g/mol. The number of thiol groups is 1. The molecule has 0 saturated heterocycles. The van der Waals surface area contributed by atoms with Crippen LogP contribution in [0.25, 0.3) is 0 Å². The van der Waals surface area contributed by atoms with E-state index in [-0.39, 0.29) is 0 Å². The highest BCUT2D eigenvalue weighted by molar-refractivity contribution is 7.80. The summed E-state index contributed by atoms with van der Waals surface area (Å²) in [4.78, 5) is 0. The number of hydrogen-bond donors (Lipinski definition) is 1. The summed E-state index contributed by atoms with van der Waals surface area (Å²) in [7, 11) is 1.08. The van der Waals surface area contributed by atoms with E-state index in [1.54, 1.807) is 0 Å². The normalized spacial score (nSPS) is 16.3. The second-order valence-electron chi connectivity index (χ2n) is 4.83. The molecule has 0 heterocycles. The van der Waals surface area contributed by atoms with Crippen molar-refractivity contribution in [3.8, 4) is 0 Å². The molecule has 21 heavy (non-hydrogen) atoms. The SMILES string of the molecule is CC.CC.CC1CCCC1.CCl.CPC.SC1CCCC1. The van der Waals surface area contributed by atoms with Crippen LogP contribution in [0, 0.1) is 5.92 Å². The fourth-order valence-electron chi connectivity index (χ4n) is 2.03. The molecule has 2 fully saturated rings. The smallest absolute Gasteiger partial charge is 0.0108 e. The van der Waals surface area contributed by atoms with Crippen molar-refractivity contribution in [1.82, 2.24) is 0 Å². The zero-order valence-electron chi connectivity index (χ0n) is 16.1. The lowest BCUT2D eigenvalue weighted by Crippen LogP contribution is -1.83. The van der Waals surface area contributed by atoms with E-state index in [0.717, 1.165) is 19.7 Å². The molecule has 0 aromatic heterocycles. The molecule has 0 amide bonds. The number of halogens is 1. The van der Waals surface area contributed by atoms with Crippen molar-refractivity contribution in [2.24, 2.45) is 5.92 Å². The fraction of sp³-hybridized carbons (Fsp3) is 1.00. The summed E-state index contributed by atoms with van der Waals surface area (Å²) in [6.07, 6.45) is 12.9. The van der Waals surface area contributed by atoms with Gasteiger partial charge in [-0.3, -0.25) is 0 Å². The molecule has 0 radical (unpaired) electrons. The van der Waals surface area contributed by atoms with Crippen molar-refractivity contribution < 1.29 is 0 Å². The Kier molecular flexibility index (Phi) is 47.0. The van der Waals surface area contributed by atoms with E-state index in [4.69, 9.17) is 0 Å². The maximum absolute atomic E-state index is 4.64. The van der Waals surface area contributed by atoms with Crippen molar-refractivity contribution in [1.29, 1.82) is 0 Å². The first-order valence-electron chi connectivity index (χ1n) is 8.85. The third kappa shape index (κ3) is 33.7. The van der Waals surface area contributed by atoms with E-state index in [1.165, 1.54) is 57.7 Å². The van der Waals surface area contributed by atoms with Gasteiger partial charge in [-0.1, -0.05) is 73.1 Å². The van der Waals surface area contributed by atoms with Crippen molar-refractivity contribution in [2.45, 2.75) is 91.2 Å². The molecule has 0 unspecified atom stereocenters. The van der Waals surface area contributed by atoms with Gasteiger partial charge in [-0.25, -0.2) is 0 Å². The summed E-state index contributed by atoms with van der Waals surface area (Å²) in [6, 6.07) is 0. The third-order valence-corrected chi connectivity index (χ3v) is 3.48. The Bertz CT molecular complexity index is 108. The molecule has 0 aliphatic heterocycles. The average molecular weight is 359 g/mol. The third-order valence-electron chi connectivity index (χ3n) is 2.97. The first-order valence-corrected chi connectivity index (χ1v) is 12.1. The van der Waals surface area contributed by atoms with Crippen LogP contribution in [0.5, 0.6) is 0 Å². The Hall–Kier alpha value is 1.07. The Balaban J connectivity index is -0.0000000909. The standard InChI is InChI=1S/C6H12.C5H10S.C2H7P.2C2H6.CH3Cl/c1-6-4-2-3-5-6;6-5-3-1-2-4-5;1-3-2;3*1-2/h6H,2-5H2,1H3;5-6H,1-4H2;3H,1-2H3;2*1-2H3;1H3. The molecular formula is C18H44ClPS. The van der Waals surface area contributed by atoms with Gasteiger partial charge in [0.05, 0.1) is 0 Å². The van der Waals surface area contributed by atoms with Crippen molar-refractivity contribution >= 4 is 32.8 Å². The topological polar surface area (TPSA) is 0 Å². The highest BCUT2D eigenvalue weighted by Gasteiger charge is 2.08. The predicted molar refractivity (Wildman–Crippen MR) is 114 cm³/mol. The summed E-state index contributed by atoms with van der Waals surface area (Å²) in [5.74, 6) is 1.05. The summed E-state index contributed by atoms with van der Waals surface area (Å²) >= 11 is 8.93. The molecule has 2 saturated carbocycles. The van der Waals surface area contributed by atoms with Crippen molar-refractivity contribution in [3.05, 3.63) is 0 Å². The van der Waals surface area contributed by atoms with Crippen LogP contribution in [-0.2, 0) is 0 Å². The van der Waals surface area contributed by atoms with E-state index in [9.17, 15) is 0 Å². The quantitative estimate of drug-likeness (QED) is 0.254. The van der Waals surface area contributed by atoms with Gasteiger partial charge >= 0.3 is 0 Å². The highest BCUT2D eigenvalue weighted by Crippen LogP contribution is 2.23. The van der Waals surface area contributed by atoms with Gasteiger partial charge in [0.25, 0.3) is 0 Å². The average Bonchev–Trinajstić information content (AvgIpc) is 3.20. The van der Waals surface area contributed by atoms with Crippen LogP contribution in [0.3, 0.4) is 0 Å². The second-order valence-corrected chi connectivity index (χ2v) is 6.56. The van der Waals surface area contributed by atoms with E-state index < -0.39 is 0 Å². The van der Waals surface area contributed by atoms with Gasteiger partial charge in [-0.2, -0.15) is 12.6 Å².